The molecule has 1 amide bonds. The molecule has 2 aromatic rings. The molecule has 3 nitrogen and oxygen atoms in total. The minimum Gasteiger partial charge on any atom is -0.322 e. The van der Waals surface area contributed by atoms with Crippen molar-refractivity contribution >= 4 is 55.1 Å². The van der Waals surface area contributed by atoms with Gasteiger partial charge in [-0.25, -0.2) is 4.98 Å². The number of carbonyl (C=O) groups excluding carboxylic acids is 1. The Morgan fingerprint density at radius 1 is 1.22 bits per heavy atom. The molecule has 18 heavy (non-hydrogen) atoms. The van der Waals surface area contributed by atoms with E-state index < -0.39 is 0 Å². The summed E-state index contributed by atoms with van der Waals surface area (Å²) < 4.78 is 1.78. The van der Waals surface area contributed by atoms with E-state index >= 15 is 0 Å². The highest BCUT2D eigenvalue weighted by atomic mass is 79.9. The van der Waals surface area contributed by atoms with Crippen molar-refractivity contribution in [2.24, 2.45) is 0 Å². The molecule has 1 N–H and O–H groups in total. The molecule has 0 saturated carbocycles. The summed E-state index contributed by atoms with van der Waals surface area (Å²) in [6, 6.07) is 8.71. The lowest BCUT2D eigenvalue weighted by molar-refractivity contribution is 0.102. The van der Waals surface area contributed by atoms with Crippen LogP contribution in [0.1, 0.15) is 10.4 Å². The van der Waals surface area contributed by atoms with Crippen molar-refractivity contribution < 1.29 is 4.79 Å². The normalized spacial score (nSPS) is 10.2. The van der Waals surface area contributed by atoms with E-state index in [4.69, 9.17) is 11.6 Å². The average molecular weight is 390 g/mol. The predicted octanol–water partition coefficient (Wildman–Crippen LogP) is 4.51. The molecule has 0 radical (unpaired) electrons. The first-order chi connectivity index (χ1) is 8.58. The number of hydrogen-bond acceptors (Lipinski definition) is 2. The van der Waals surface area contributed by atoms with Crippen molar-refractivity contribution in [1.82, 2.24) is 4.98 Å². The summed E-state index contributed by atoms with van der Waals surface area (Å²) >= 11 is 12.6. The number of aromatic nitrogens is 1. The first kappa shape index (κ1) is 13.5. The topological polar surface area (TPSA) is 42.0 Å². The third kappa shape index (κ3) is 3.10. The molecule has 1 aromatic heterocycles. The van der Waals surface area contributed by atoms with Crippen molar-refractivity contribution in [3.8, 4) is 0 Å². The monoisotopic (exact) mass is 388 g/mol. The molecule has 1 heterocycles. The lowest BCUT2D eigenvalue weighted by Gasteiger charge is -2.07. The minimum atomic E-state index is -0.290. The number of nitrogens with zero attached hydrogens (tertiary/aromatic N) is 1. The van der Waals surface area contributed by atoms with Crippen LogP contribution in [0.15, 0.2) is 45.5 Å². The van der Waals surface area contributed by atoms with Gasteiger partial charge in [-0.05, 0) is 62.2 Å². The maximum absolute atomic E-state index is 12.0. The van der Waals surface area contributed by atoms with Crippen LogP contribution in [0, 0.1) is 0 Å². The zero-order valence-corrected chi connectivity index (χ0v) is 12.9. The van der Waals surface area contributed by atoms with Crippen LogP contribution in [0.25, 0.3) is 0 Å². The van der Waals surface area contributed by atoms with Gasteiger partial charge < -0.3 is 5.32 Å². The molecular weight excluding hydrogens is 383 g/mol. The fourth-order valence-electron chi connectivity index (χ4n) is 1.33. The number of amides is 1. The van der Waals surface area contributed by atoms with Crippen LogP contribution >= 0.6 is 43.5 Å². The molecule has 0 unspecified atom stereocenters. The quantitative estimate of drug-likeness (QED) is 0.767. The molecule has 92 valence electrons. The van der Waals surface area contributed by atoms with Crippen molar-refractivity contribution in [1.29, 1.82) is 0 Å². The highest BCUT2D eigenvalue weighted by Gasteiger charge is 2.11. The van der Waals surface area contributed by atoms with Crippen LogP contribution in [-0.2, 0) is 0 Å². The van der Waals surface area contributed by atoms with Gasteiger partial charge in [0.1, 0.15) is 5.15 Å². The van der Waals surface area contributed by atoms with Gasteiger partial charge >= 0.3 is 0 Å². The van der Waals surface area contributed by atoms with Gasteiger partial charge in [0.2, 0.25) is 0 Å². The number of pyridine rings is 1. The smallest absolute Gasteiger partial charge is 0.258 e. The Morgan fingerprint density at radius 3 is 2.67 bits per heavy atom. The molecule has 0 aliphatic rings. The van der Waals surface area contributed by atoms with E-state index in [1.54, 1.807) is 24.3 Å². The maximum Gasteiger partial charge on any atom is 0.258 e. The van der Waals surface area contributed by atoms with Crippen molar-refractivity contribution in [3.63, 3.8) is 0 Å². The fourth-order valence-corrected chi connectivity index (χ4v) is 2.16. The van der Waals surface area contributed by atoms with Crippen LogP contribution in [0.2, 0.25) is 5.15 Å². The number of benzene rings is 1. The number of rotatable bonds is 2. The Balaban J connectivity index is 2.22. The summed E-state index contributed by atoms with van der Waals surface area (Å²) in [6.07, 6.45) is 1.54. The third-order valence-electron chi connectivity index (χ3n) is 2.18. The Bertz CT molecular complexity index is 604. The lowest BCUT2D eigenvalue weighted by Crippen LogP contribution is -2.12. The van der Waals surface area contributed by atoms with Crippen LogP contribution in [-0.4, -0.2) is 10.9 Å². The summed E-state index contributed by atoms with van der Waals surface area (Å²) in [6.45, 7) is 0. The molecule has 0 spiro atoms. The zero-order chi connectivity index (χ0) is 13.1. The third-order valence-corrected chi connectivity index (χ3v) is 4.36. The molecule has 6 heteroatoms. The Kier molecular flexibility index (Phi) is 4.37. The summed E-state index contributed by atoms with van der Waals surface area (Å²) in [5.74, 6) is -0.290. The van der Waals surface area contributed by atoms with Gasteiger partial charge in [0.15, 0.2) is 0 Å². The van der Waals surface area contributed by atoms with E-state index in [1.807, 2.05) is 6.07 Å². The molecule has 0 fully saturated rings. The molecule has 0 aliphatic carbocycles. The zero-order valence-electron chi connectivity index (χ0n) is 8.95. The SMILES string of the molecule is O=C(Nc1ccc(Br)c(Br)c1)c1cccnc1Cl. The second-order valence-electron chi connectivity index (χ2n) is 3.42. The Morgan fingerprint density at radius 2 is 2.00 bits per heavy atom. The molecule has 1 aromatic carbocycles. The summed E-state index contributed by atoms with van der Waals surface area (Å²) in [5, 5.41) is 2.94. The predicted molar refractivity (Wildman–Crippen MR) is 79.0 cm³/mol. The van der Waals surface area contributed by atoms with Gasteiger partial charge in [-0.3, -0.25) is 4.79 Å². The second-order valence-corrected chi connectivity index (χ2v) is 5.49. The Hall–Kier alpha value is -0.910. The van der Waals surface area contributed by atoms with E-state index in [9.17, 15) is 4.79 Å². The van der Waals surface area contributed by atoms with Gasteiger partial charge in [0.25, 0.3) is 5.91 Å². The number of anilines is 1. The number of hydrogen-bond donors (Lipinski definition) is 1. The summed E-state index contributed by atoms with van der Waals surface area (Å²) in [5.41, 5.74) is 1.02. The first-order valence-electron chi connectivity index (χ1n) is 4.95. The molecule has 2 rings (SSSR count). The number of carbonyl (C=O) groups is 1. The van der Waals surface area contributed by atoms with Crippen molar-refractivity contribution in [2.75, 3.05) is 5.32 Å². The summed E-state index contributed by atoms with van der Waals surface area (Å²) in [4.78, 5) is 15.8. The first-order valence-corrected chi connectivity index (χ1v) is 6.91. The summed E-state index contributed by atoms with van der Waals surface area (Å²) in [7, 11) is 0. The standard InChI is InChI=1S/C12H7Br2ClN2O/c13-9-4-3-7(6-10(9)14)17-12(18)8-2-1-5-16-11(8)15/h1-6H,(H,17,18). The number of halogens is 3. The molecule has 0 atom stereocenters. The maximum atomic E-state index is 12.0. The fraction of sp³-hybridized carbons (Fsp3) is 0. The van der Waals surface area contributed by atoms with Crippen molar-refractivity contribution in [2.45, 2.75) is 0 Å². The second kappa shape index (κ2) is 5.82. The minimum absolute atomic E-state index is 0.186. The Labute approximate surface area is 126 Å². The van der Waals surface area contributed by atoms with E-state index in [1.165, 1.54) is 6.20 Å². The number of nitrogens with one attached hydrogen (secondary N) is 1. The van der Waals surface area contributed by atoms with Gasteiger partial charge in [0.05, 0.1) is 5.56 Å². The van der Waals surface area contributed by atoms with Gasteiger partial charge in [0, 0.05) is 20.8 Å². The van der Waals surface area contributed by atoms with Gasteiger partial charge in [-0.1, -0.05) is 11.6 Å². The highest BCUT2D eigenvalue weighted by Crippen LogP contribution is 2.26. The van der Waals surface area contributed by atoms with Gasteiger partial charge in [-0.15, -0.1) is 0 Å². The van der Waals surface area contributed by atoms with Crippen LogP contribution in [0.4, 0.5) is 5.69 Å². The molecular formula is C12H7Br2ClN2O. The molecule has 0 saturated heterocycles. The molecule has 0 bridgehead atoms. The van der Waals surface area contributed by atoms with E-state index in [0.717, 1.165) is 8.95 Å². The van der Waals surface area contributed by atoms with E-state index in [-0.39, 0.29) is 11.1 Å². The van der Waals surface area contributed by atoms with Crippen LogP contribution in [0.3, 0.4) is 0 Å². The molecule has 0 aliphatic heterocycles. The lowest BCUT2D eigenvalue weighted by atomic mass is 10.2. The average Bonchev–Trinajstić information content (AvgIpc) is 2.34. The van der Waals surface area contributed by atoms with E-state index in [2.05, 4.69) is 42.2 Å². The van der Waals surface area contributed by atoms with Crippen molar-refractivity contribution in [3.05, 3.63) is 56.2 Å². The van der Waals surface area contributed by atoms with E-state index in [0.29, 0.717) is 11.3 Å². The largest absolute Gasteiger partial charge is 0.322 e. The van der Waals surface area contributed by atoms with Crippen LogP contribution < -0.4 is 5.32 Å². The highest BCUT2D eigenvalue weighted by molar-refractivity contribution is 9.13. The van der Waals surface area contributed by atoms with Gasteiger partial charge in [-0.2, -0.15) is 0 Å². The van der Waals surface area contributed by atoms with Crippen LogP contribution in [0.5, 0.6) is 0 Å².